The van der Waals surface area contributed by atoms with Crippen LogP contribution in [0.25, 0.3) is 10.9 Å². The molecule has 0 amide bonds. The van der Waals surface area contributed by atoms with Crippen LogP contribution < -0.4 is 5.32 Å². The first kappa shape index (κ1) is 16.7. The number of ether oxygens (including phenoxy) is 1. The van der Waals surface area contributed by atoms with Gasteiger partial charge in [-0.15, -0.1) is 0 Å². The molecule has 0 radical (unpaired) electrons. The highest BCUT2D eigenvalue weighted by Crippen LogP contribution is 2.27. The van der Waals surface area contributed by atoms with Crippen molar-refractivity contribution in [3.63, 3.8) is 0 Å². The molecular formula is C18H14BrClN2O2. The molecule has 0 bridgehead atoms. The highest BCUT2D eigenvalue weighted by molar-refractivity contribution is 9.10. The van der Waals surface area contributed by atoms with E-state index < -0.39 is 5.97 Å². The molecule has 0 aliphatic rings. The van der Waals surface area contributed by atoms with Crippen LogP contribution in [-0.4, -0.2) is 18.1 Å². The summed E-state index contributed by atoms with van der Waals surface area (Å²) in [5, 5.41) is 4.95. The minimum Gasteiger partial charge on any atom is -0.464 e. The van der Waals surface area contributed by atoms with E-state index in [4.69, 9.17) is 16.3 Å². The molecule has 0 spiro atoms. The Morgan fingerprint density at radius 1 is 1.25 bits per heavy atom. The molecule has 1 N–H and O–H groups in total. The van der Waals surface area contributed by atoms with Crippen LogP contribution in [0.2, 0.25) is 5.02 Å². The molecule has 0 saturated heterocycles. The van der Waals surface area contributed by atoms with Crippen molar-refractivity contribution in [3.05, 3.63) is 69.3 Å². The van der Waals surface area contributed by atoms with Gasteiger partial charge in [0, 0.05) is 27.1 Å². The number of anilines is 1. The number of nitrogens with one attached hydrogen (secondary N) is 1. The molecule has 1 aromatic heterocycles. The minimum atomic E-state index is -0.467. The van der Waals surface area contributed by atoms with Gasteiger partial charge in [-0.1, -0.05) is 39.7 Å². The fourth-order valence-electron chi connectivity index (χ4n) is 2.40. The second-order valence-electron chi connectivity index (χ2n) is 5.19. The number of rotatable bonds is 4. The van der Waals surface area contributed by atoms with E-state index in [1.807, 2.05) is 42.5 Å². The molecule has 0 aliphatic carbocycles. The SMILES string of the molecule is COC(=O)c1cc(NCc2cccc(Cl)c2)c2cc(Br)ccc2n1. The van der Waals surface area contributed by atoms with Crippen LogP contribution in [-0.2, 0) is 11.3 Å². The summed E-state index contributed by atoms with van der Waals surface area (Å²) in [5.41, 5.74) is 2.83. The van der Waals surface area contributed by atoms with Crippen LogP contribution in [0.4, 0.5) is 5.69 Å². The summed E-state index contributed by atoms with van der Waals surface area (Å²) in [5.74, 6) is -0.467. The van der Waals surface area contributed by atoms with E-state index in [1.54, 1.807) is 6.07 Å². The molecule has 6 heteroatoms. The van der Waals surface area contributed by atoms with E-state index in [2.05, 4.69) is 26.2 Å². The Balaban J connectivity index is 2.00. The second kappa shape index (κ2) is 7.20. The van der Waals surface area contributed by atoms with Gasteiger partial charge in [0.2, 0.25) is 0 Å². The average Bonchev–Trinajstić information content (AvgIpc) is 2.59. The molecule has 0 saturated carbocycles. The zero-order valence-corrected chi connectivity index (χ0v) is 15.2. The van der Waals surface area contributed by atoms with Crippen LogP contribution in [0.15, 0.2) is 53.0 Å². The zero-order chi connectivity index (χ0) is 17.1. The number of hydrogen-bond donors (Lipinski definition) is 1. The maximum atomic E-state index is 11.9. The smallest absolute Gasteiger partial charge is 0.356 e. The third-order valence-electron chi connectivity index (χ3n) is 3.54. The summed E-state index contributed by atoms with van der Waals surface area (Å²) in [7, 11) is 1.34. The maximum Gasteiger partial charge on any atom is 0.356 e. The van der Waals surface area contributed by atoms with E-state index >= 15 is 0 Å². The highest BCUT2D eigenvalue weighted by atomic mass is 79.9. The Kier molecular flexibility index (Phi) is 5.02. The third kappa shape index (κ3) is 3.68. The van der Waals surface area contributed by atoms with E-state index in [0.717, 1.165) is 26.6 Å². The minimum absolute atomic E-state index is 0.265. The van der Waals surface area contributed by atoms with Crippen molar-refractivity contribution in [1.82, 2.24) is 4.98 Å². The topological polar surface area (TPSA) is 51.2 Å². The molecule has 2 aromatic carbocycles. The monoisotopic (exact) mass is 404 g/mol. The number of pyridine rings is 1. The number of esters is 1. The first-order valence-corrected chi connectivity index (χ1v) is 8.41. The van der Waals surface area contributed by atoms with Gasteiger partial charge in [-0.2, -0.15) is 0 Å². The number of fused-ring (bicyclic) bond motifs is 1. The summed E-state index contributed by atoms with van der Waals surface area (Å²) >= 11 is 9.49. The van der Waals surface area contributed by atoms with Crippen molar-refractivity contribution < 1.29 is 9.53 Å². The van der Waals surface area contributed by atoms with Crippen molar-refractivity contribution >= 4 is 50.1 Å². The van der Waals surface area contributed by atoms with Crippen molar-refractivity contribution in [3.8, 4) is 0 Å². The summed E-state index contributed by atoms with van der Waals surface area (Å²) in [6.07, 6.45) is 0. The largest absolute Gasteiger partial charge is 0.464 e. The molecule has 0 unspecified atom stereocenters. The Morgan fingerprint density at radius 3 is 2.83 bits per heavy atom. The number of hydrogen-bond acceptors (Lipinski definition) is 4. The van der Waals surface area contributed by atoms with E-state index in [-0.39, 0.29) is 5.69 Å². The molecule has 0 aliphatic heterocycles. The summed E-state index contributed by atoms with van der Waals surface area (Å²) < 4.78 is 5.72. The van der Waals surface area contributed by atoms with Crippen molar-refractivity contribution in [2.75, 3.05) is 12.4 Å². The average molecular weight is 406 g/mol. The lowest BCUT2D eigenvalue weighted by atomic mass is 10.1. The quantitative estimate of drug-likeness (QED) is 0.617. The van der Waals surface area contributed by atoms with E-state index in [9.17, 15) is 4.79 Å². The fourth-order valence-corrected chi connectivity index (χ4v) is 2.97. The summed E-state index contributed by atoms with van der Waals surface area (Å²) in [6, 6.07) is 15.0. The van der Waals surface area contributed by atoms with Gasteiger partial charge in [0.15, 0.2) is 5.69 Å². The van der Waals surface area contributed by atoms with Crippen LogP contribution in [0.1, 0.15) is 16.1 Å². The molecular weight excluding hydrogens is 392 g/mol. The Bertz CT molecular complexity index is 915. The zero-order valence-electron chi connectivity index (χ0n) is 12.8. The van der Waals surface area contributed by atoms with Gasteiger partial charge in [0.05, 0.1) is 12.6 Å². The van der Waals surface area contributed by atoms with Crippen LogP contribution in [0, 0.1) is 0 Å². The standard InChI is InChI=1S/C18H14BrClN2O2/c1-24-18(23)17-9-16(14-8-12(19)5-6-15(14)22-17)21-10-11-3-2-4-13(20)7-11/h2-9H,10H2,1H3,(H,21,22). The van der Waals surface area contributed by atoms with Crippen LogP contribution in [0.3, 0.4) is 0 Å². The summed E-state index contributed by atoms with van der Waals surface area (Å²) in [4.78, 5) is 16.2. The number of carbonyl (C=O) groups excluding carboxylic acids is 1. The molecule has 4 nitrogen and oxygen atoms in total. The Hall–Kier alpha value is -2.11. The number of aromatic nitrogens is 1. The number of methoxy groups -OCH3 is 1. The van der Waals surface area contributed by atoms with Crippen molar-refractivity contribution in [2.45, 2.75) is 6.54 Å². The van der Waals surface area contributed by atoms with Gasteiger partial charge in [-0.25, -0.2) is 9.78 Å². The number of nitrogens with zero attached hydrogens (tertiary/aromatic N) is 1. The van der Waals surface area contributed by atoms with Gasteiger partial charge in [0.1, 0.15) is 0 Å². The van der Waals surface area contributed by atoms with E-state index in [1.165, 1.54) is 7.11 Å². The number of carbonyl (C=O) groups is 1. The predicted octanol–water partition coefficient (Wildman–Crippen LogP) is 5.05. The molecule has 3 aromatic rings. The van der Waals surface area contributed by atoms with E-state index in [0.29, 0.717) is 11.6 Å². The first-order chi connectivity index (χ1) is 11.6. The molecule has 0 fully saturated rings. The van der Waals surface area contributed by atoms with Gasteiger partial charge in [-0.05, 0) is 42.0 Å². The highest BCUT2D eigenvalue weighted by Gasteiger charge is 2.12. The molecule has 1 heterocycles. The Labute approximate surface area is 152 Å². The molecule has 122 valence electrons. The molecule has 24 heavy (non-hydrogen) atoms. The normalized spacial score (nSPS) is 10.6. The van der Waals surface area contributed by atoms with Gasteiger partial charge >= 0.3 is 5.97 Å². The van der Waals surface area contributed by atoms with Crippen LogP contribution in [0.5, 0.6) is 0 Å². The molecule has 3 rings (SSSR count). The van der Waals surface area contributed by atoms with Gasteiger partial charge in [-0.3, -0.25) is 0 Å². The number of halogens is 2. The van der Waals surface area contributed by atoms with Crippen molar-refractivity contribution in [2.24, 2.45) is 0 Å². The lowest BCUT2D eigenvalue weighted by molar-refractivity contribution is 0.0594. The second-order valence-corrected chi connectivity index (χ2v) is 6.54. The predicted molar refractivity (Wildman–Crippen MR) is 99.6 cm³/mol. The maximum absolute atomic E-state index is 11.9. The van der Waals surface area contributed by atoms with Crippen molar-refractivity contribution in [1.29, 1.82) is 0 Å². The fraction of sp³-hybridized carbons (Fsp3) is 0.111. The lowest BCUT2D eigenvalue weighted by Gasteiger charge is -2.12. The van der Waals surface area contributed by atoms with Gasteiger partial charge in [0.25, 0.3) is 0 Å². The lowest BCUT2D eigenvalue weighted by Crippen LogP contribution is -2.07. The Morgan fingerprint density at radius 2 is 2.08 bits per heavy atom. The first-order valence-electron chi connectivity index (χ1n) is 7.24. The van der Waals surface area contributed by atoms with Crippen LogP contribution >= 0.6 is 27.5 Å². The summed E-state index contributed by atoms with van der Waals surface area (Å²) in [6.45, 7) is 0.576. The van der Waals surface area contributed by atoms with Gasteiger partial charge < -0.3 is 10.1 Å². The third-order valence-corrected chi connectivity index (χ3v) is 4.27. The molecule has 0 atom stereocenters. The number of benzene rings is 2.